The first-order valence-electron chi connectivity index (χ1n) is 6.71. The third kappa shape index (κ3) is 3.16. The topological polar surface area (TPSA) is 52.6 Å². The lowest BCUT2D eigenvalue weighted by Crippen LogP contribution is -2.58. The number of aliphatic hydroxyl groups is 1. The molecule has 1 unspecified atom stereocenters. The van der Waals surface area contributed by atoms with E-state index in [0.717, 1.165) is 11.3 Å². The Labute approximate surface area is 114 Å². The summed E-state index contributed by atoms with van der Waals surface area (Å²) in [5.74, 6) is -3.68. The van der Waals surface area contributed by atoms with Gasteiger partial charge in [-0.3, -0.25) is 0 Å². The first kappa shape index (κ1) is 15.3. The van der Waals surface area contributed by atoms with Crippen molar-refractivity contribution in [2.75, 3.05) is 13.1 Å². The van der Waals surface area contributed by atoms with Crippen molar-refractivity contribution in [3.8, 4) is 0 Å². The SMILES string of the molecule is O=C(N[C@H](C(F)F)C1CCC1)N1CCC(O)C(F)(F)C1. The Balaban J connectivity index is 1.93. The summed E-state index contributed by atoms with van der Waals surface area (Å²) < 4.78 is 52.4. The molecule has 1 aliphatic carbocycles. The highest BCUT2D eigenvalue weighted by Gasteiger charge is 2.45. The molecule has 8 heteroatoms. The smallest absolute Gasteiger partial charge is 0.318 e. The highest BCUT2D eigenvalue weighted by molar-refractivity contribution is 5.74. The summed E-state index contributed by atoms with van der Waals surface area (Å²) in [6, 6.07) is -2.19. The number of piperidine rings is 1. The van der Waals surface area contributed by atoms with E-state index in [1.54, 1.807) is 0 Å². The van der Waals surface area contributed by atoms with Crippen LogP contribution in [0.25, 0.3) is 0 Å². The van der Waals surface area contributed by atoms with Crippen LogP contribution in [0.2, 0.25) is 0 Å². The molecule has 0 spiro atoms. The number of alkyl halides is 4. The van der Waals surface area contributed by atoms with Gasteiger partial charge in [0.1, 0.15) is 6.10 Å². The molecule has 2 atom stereocenters. The minimum Gasteiger partial charge on any atom is -0.387 e. The van der Waals surface area contributed by atoms with E-state index in [1.807, 2.05) is 0 Å². The Kier molecular flexibility index (Phi) is 4.41. The molecule has 2 amide bonds. The van der Waals surface area contributed by atoms with Gasteiger partial charge in [-0.1, -0.05) is 6.42 Å². The summed E-state index contributed by atoms with van der Waals surface area (Å²) in [6.45, 7) is -1.01. The summed E-state index contributed by atoms with van der Waals surface area (Å²) in [7, 11) is 0. The Morgan fingerprint density at radius 1 is 1.30 bits per heavy atom. The van der Waals surface area contributed by atoms with Gasteiger partial charge in [0.05, 0.1) is 12.6 Å². The molecule has 1 saturated heterocycles. The number of carbonyl (C=O) groups is 1. The fourth-order valence-corrected chi connectivity index (χ4v) is 2.52. The normalized spacial score (nSPS) is 28.1. The quantitative estimate of drug-likeness (QED) is 0.781. The first-order valence-corrected chi connectivity index (χ1v) is 6.71. The molecule has 2 N–H and O–H groups in total. The highest BCUT2D eigenvalue weighted by Crippen LogP contribution is 2.33. The summed E-state index contributed by atoms with van der Waals surface area (Å²) in [6.07, 6.45) is -2.68. The minimum atomic E-state index is -3.40. The maximum Gasteiger partial charge on any atom is 0.318 e. The van der Waals surface area contributed by atoms with Crippen LogP contribution in [0.1, 0.15) is 25.7 Å². The van der Waals surface area contributed by atoms with E-state index in [9.17, 15) is 22.4 Å². The van der Waals surface area contributed by atoms with E-state index < -0.39 is 37.1 Å². The van der Waals surface area contributed by atoms with Crippen molar-refractivity contribution >= 4 is 6.03 Å². The molecule has 4 nitrogen and oxygen atoms in total. The fourth-order valence-electron chi connectivity index (χ4n) is 2.52. The summed E-state index contributed by atoms with van der Waals surface area (Å²) in [5, 5.41) is 11.3. The highest BCUT2D eigenvalue weighted by atomic mass is 19.3. The standard InChI is InChI=1S/C12H18F4N2O2/c13-10(14)9(7-2-1-3-7)17-11(20)18-5-4-8(19)12(15,16)6-18/h7-10,19H,1-6H2,(H,17,20)/t8?,9-/m0/s1. The van der Waals surface area contributed by atoms with Gasteiger partial charge < -0.3 is 15.3 Å². The lowest BCUT2D eigenvalue weighted by Gasteiger charge is -2.38. The lowest BCUT2D eigenvalue weighted by atomic mass is 9.80. The third-order valence-corrected chi connectivity index (χ3v) is 4.07. The molecule has 2 fully saturated rings. The molecule has 1 aliphatic heterocycles. The number of likely N-dealkylation sites (tertiary alicyclic amines) is 1. The predicted molar refractivity (Wildman–Crippen MR) is 62.8 cm³/mol. The number of aliphatic hydroxyl groups excluding tert-OH is 1. The van der Waals surface area contributed by atoms with Crippen molar-refractivity contribution < 1.29 is 27.5 Å². The van der Waals surface area contributed by atoms with Crippen molar-refractivity contribution in [2.24, 2.45) is 5.92 Å². The molecular formula is C12H18F4N2O2. The van der Waals surface area contributed by atoms with Crippen molar-refractivity contribution in [1.29, 1.82) is 0 Å². The van der Waals surface area contributed by atoms with Gasteiger partial charge in [0.2, 0.25) is 0 Å². The molecule has 1 saturated carbocycles. The van der Waals surface area contributed by atoms with Crippen molar-refractivity contribution in [1.82, 2.24) is 10.2 Å². The van der Waals surface area contributed by atoms with Gasteiger partial charge in [0, 0.05) is 6.54 Å². The van der Waals surface area contributed by atoms with Crippen LogP contribution in [0.15, 0.2) is 0 Å². The van der Waals surface area contributed by atoms with Crippen LogP contribution in [0.4, 0.5) is 22.4 Å². The third-order valence-electron chi connectivity index (χ3n) is 4.07. The minimum absolute atomic E-state index is 0.0663. The van der Waals surface area contributed by atoms with Gasteiger partial charge in [0.15, 0.2) is 0 Å². The van der Waals surface area contributed by atoms with Crippen LogP contribution < -0.4 is 5.32 Å². The summed E-state index contributed by atoms with van der Waals surface area (Å²) >= 11 is 0. The molecule has 0 aromatic rings. The van der Waals surface area contributed by atoms with Gasteiger partial charge in [-0.25, -0.2) is 22.4 Å². The lowest BCUT2D eigenvalue weighted by molar-refractivity contribution is -0.141. The number of hydrogen-bond donors (Lipinski definition) is 2. The Morgan fingerprint density at radius 3 is 2.40 bits per heavy atom. The molecule has 0 aromatic carbocycles. The second-order valence-corrected chi connectivity index (χ2v) is 5.49. The zero-order chi connectivity index (χ0) is 14.9. The van der Waals surface area contributed by atoms with Crippen molar-refractivity contribution in [3.05, 3.63) is 0 Å². The first-order chi connectivity index (χ1) is 9.31. The monoisotopic (exact) mass is 298 g/mol. The van der Waals surface area contributed by atoms with E-state index >= 15 is 0 Å². The number of nitrogens with one attached hydrogen (secondary N) is 1. The Morgan fingerprint density at radius 2 is 1.95 bits per heavy atom. The summed E-state index contributed by atoms with van der Waals surface area (Å²) in [5.41, 5.74) is 0. The number of halogens is 4. The summed E-state index contributed by atoms with van der Waals surface area (Å²) in [4.78, 5) is 12.6. The molecule has 0 aromatic heterocycles. The number of rotatable bonds is 3. The van der Waals surface area contributed by atoms with E-state index in [0.29, 0.717) is 12.8 Å². The number of amides is 2. The average molecular weight is 298 g/mol. The second kappa shape index (κ2) is 5.75. The number of carbonyl (C=O) groups excluding carboxylic acids is 1. The average Bonchev–Trinajstić information content (AvgIpc) is 2.29. The number of hydrogen-bond acceptors (Lipinski definition) is 2. The van der Waals surface area contributed by atoms with E-state index in [-0.39, 0.29) is 18.9 Å². The van der Waals surface area contributed by atoms with Crippen molar-refractivity contribution in [3.63, 3.8) is 0 Å². The number of nitrogens with zero attached hydrogens (tertiary/aromatic N) is 1. The maximum absolute atomic E-state index is 13.3. The largest absolute Gasteiger partial charge is 0.387 e. The maximum atomic E-state index is 13.3. The molecule has 1 heterocycles. The number of urea groups is 1. The second-order valence-electron chi connectivity index (χ2n) is 5.49. The fraction of sp³-hybridized carbons (Fsp3) is 0.917. The van der Waals surface area contributed by atoms with Gasteiger partial charge in [-0.2, -0.15) is 0 Å². The zero-order valence-corrected chi connectivity index (χ0v) is 10.9. The van der Waals surface area contributed by atoms with Crippen LogP contribution in [0, 0.1) is 5.92 Å². The molecule has 0 bridgehead atoms. The Hall–Kier alpha value is -1.05. The van der Waals surface area contributed by atoms with Crippen LogP contribution in [-0.2, 0) is 0 Å². The predicted octanol–water partition coefficient (Wildman–Crippen LogP) is 1.83. The van der Waals surface area contributed by atoms with Gasteiger partial charge in [0.25, 0.3) is 12.3 Å². The van der Waals surface area contributed by atoms with Crippen LogP contribution in [0.5, 0.6) is 0 Å². The van der Waals surface area contributed by atoms with E-state index in [1.165, 1.54) is 0 Å². The zero-order valence-electron chi connectivity index (χ0n) is 10.9. The van der Waals surface area contributed by atoms with Crippen molar-refractivity contribution in [2.45, 2.75) is 50.2 Å². The molecule has 2 rings (SSSR count). The van der Waals surface area contributed by atoms with Gasteiger partial charge >= 0.3 is 6.03 Å². The van der Waals surface area contributed by atoms with E-state index in [2.05, 4.69) is 5.32 Å². The molecule has 0 radical (unpaired) electrons. The Bertz CT molecular complexity index is 363. The van der Waals surface area contributed by atoms with E-state index in [4.69, 9.17) is 5.11 Å². The van der Waals surface area contributed by atoms with Crippen LogP contribution in [-0.4, -0.2) is 53.6 Å². The molecule has 116 valence electrons. The van der Waals surface area contributed by atoms with Gasteiger partial charge in [-0.15, -0.1) is 0 Å². The molecule has 2 aliphatic rings. The molecular weight excluding hydrogens is 280 g/mol. The van der Waals surface area contributed by atoms with Gasteiger partial charge in [-0.05, 0) is 25.2 Å². The van der Waals surface area contributed by atoms with Crippen LogP contribution in [0.3, 0.4) is 0 Å². The molecule has 20 heavy (non-hydrogen) atoms. The van der Waals surface area contributed by atoms with Crippen LogP contribution >= 0.6 is 0 Å².